The van der Waals surface area contributed by atoms with Crippen molar-refractivity contribution < 1.29 is 28.6 Å². The summed E-state index contributed by atoms with van der Waals surface area (Å²) in [6, 6.07) is 6.45. The van der Waals surface area contributed by atoms with Crippen molar-refractivity contribution in [1.29, 1.82) is 0 Å². The molecule has 0 saturated heterocycles. The summed E-state index contributed by atoms with van der Waals surface area (Å²) in [5.41, 5.74) is 2.11. The molecular weight excluding hydrogens is 497 g/mol. The van der Waals surface area contributed by atoms with E-state index in [9.17, 15) is 18.7 Å². The second-order valence-electron chi connectivity index (χ2n) is 5.47. The quantitative estimate of drug-likeness (QED) is 0.247. The third-order valence-electron chi connectivity index (χ3n) is 3.43. The predicted molar refractivity (Wildman–Crippen MR) is 105 cm³/mol. The molecule has 0 bridgehead atoms. The van der Waals surface area contributed by atoms with Crippen LogP contribution in [0.3, 0.4) is 0 Å². The van der Waals surface area contributed by atoms with Gasteiger partial charge in [-0.3, -0.25) is 9.63 Å². The van der Waals surface area contributed by atoms with Crippen LogP contribution in [0.2, 0.25) is 5.02 Å². The van der Waals surface area contributed by atoms with Crippen LogP contribution in [-0.2, 0) is 4.84 Å². The van der Waals surface area contributed by atoms with Gasteiger partial charge in [0, 0.05) is 9.99 Å². The van der Waals surface area contributed by atoms with Gasteiger partial charge in [-0.05, 0) is 52.9 Å². The van der Waals surface area contributed by atoms with Crippen LogP contribution in [0.25, 0.3) is 0 Å². The number of hydrogen-bond donors (Lipinski definition) is 4. The van der Waals surface area contributed by atoms with Crippen LogP contribution >= 0.6 is 34.2 Å². The fourth-order valence-corrected chi connectivity index (χ4v) is 2.65. The highest BCUT2D eigenvalue weighted by Crippen LogP contribution is 2.28. The summed E-state index contributed by atoms with van der Waals surface area (Å²) in [7, 11) is 0. The fourth-order valence-electron chi connectivity index (χ4n) is 2.03. The minimum Gasteiger partial charge on any atom is -0.394 e. The topological polar surface area (TPSA) is 90.8 Å². The number of hydroxylamine groups is 1. The second kappa shape index (κ2) is 10.1. The summed E-state index contributed by atoms with van der Waals surface area (Å²) < 4.78 is 28.6. The molecule has 0 spiro atoms. The first-order valence-corrected chi connectivity index (χ1v) is 9.19. The van der Waals surface area contributed by atoms with Gasteiger partial charge in [-0.15, -0.1) is 0 Å². The lowest BCUT2D eigenvalue weighted by atomic mass is 10.1. The van der Waals surface area contributed by atoms with Crippen LogP contribution in [0.5, 0.6) is 0 Å². The number of hydrogen-bond acceptors (Lipinski definition) is 5. The standard InChI is InChI=1S/C17H16ClF2IN2O4/c18-12-6-11(17(26)23-27-4-3-10(25)8-24)16(7-13(12)19)22-15-2-1-9(21)5-14(15)20/h1-2,5-7,10,22,24-25H,3-4,8H2,(H,23,26). The van der Waals surface area contributed by atoms with Crippen LogP contribution in [0.1, 0.15) is 16.8 Å². The molecule has 4 N–H and O–H groups in total. The van der Waals surface area contributed by atoms with Gasteiger partial charge in [-0.25, -0.2) is 14.3 Å². The Bertz CT molecular complexity index is 826. The number of benzene rings is 2. The highest BCUT2D eigenvalue weighted by Gasteiger charge is 2.17. The van der Waals surface area contributed by atoms with Gasteiger partial charge < -0.3 is 15.5 Å². The van der Waals surface area contributed by atoms with Crippen molar-refractivity contribution in [3.8, 4) is 0 Å². The summed E-state index contributed by atoms with van der Waals surface area (Å²) in [6.45, 7) is -0.489. The number of amides is 1. The van der Waals surface area contributed by atoms with E-state index in [2.05, 4.69) is 10.8 Å². The zero-order valence-electron chi connectivity index (χ0n) is 13.8. The van der Waals surface area contributed by atoms with Gasteiger partial charge in [-0.2, -0.15) is 0 Å². The normalized spacial score (nSPS) is 11.9. The third-order valence-corrected chi connectivity index (χ3v) is 4.39. The molecule has 0 aliphatic rings. The molecule has 2 aromatic rings. The van der Waals surface area contributed by atoms with Crippen molar-refractivity contribution >= 4 is 51.5 Å². The molecule has 1 unspecified atom stereocenters. The largest absolute Gasteiger partial charge is 0.394 e. The van der Waals surface area contributed by atoms with Crippen molar-refractivity contribution in [2.75, 3.05) is 18.5 Å². The summed E-state index contributed by atoms with van der Waals surface area (Å²) in [5.74, 6) is -2.10. The molecule has 27 heavy (non-hydrogen) atoms. The van der Waals surface area contributed by atoms with Gasteiger partial charge in [-0.1, -0.05) is 11.6 Å². The zero-order valence-corrected chi connectivity index (χ0v) is 16.7. The Hall–Kier alpha value is -1.53. The Balaban J connectivity index is 2.17. The number of anilines is 2. The van der Waals surface area contributed by atoms with Crippen molar-refractivity contribution in [1.82, 2.24) is 5.48 Å². The van der Waals surface area contributed by atoms with E-state index in [1.807, 2.05) is 22.6 Å². The molecular formula is C17H16ClF2IN2O4. The molecule has 0 saturated carbocycles. The average molecular weight is 513 g/mol. The SMILES string of the molecule is O=C(NOCCC(O)CO)c1cc(Cl)c(F)cc1Nc1ccc(I)cc1F. The van der Waals surface area contributed by atoms with E-state index in [4.69, 9.17) is 21.5 Å². The Morgan fingerprint density at radius 3 is 2.63 bits per heavy atom. The van der Waals surface area contributed by atoms with Gasteiger partial charge in [0.25, 0.3) is 5.91 Å². The van der Waals surface area contributed by atoms with Crippen molar-refractivity contribution in [2.24, 2.45) is 0 Å². The van der Waals surface area contributed by atoms with E-state index < -0.39 is 30.3 Å². The number of carbonyl (C=O) groups excluding carboxylic acids is 1. The van der Waals surface area contributed by atoms with Gasteiger partial charge in [0.1, 0.15) is 11.6 Å². The van der Waals surface area contributed by atoms with E-state index in [1.54, 1.807) is 6.07 Å². The molecule has 1 amide bonds. The lowest BCUT2D eigenvalue weighted by Gasteiger charge is -2.14. The van der Waals surface area contributed by atoms with Crippen LogP contribution in [0.15, 0.2) is 30.3 Å². The lowest BCUT2D eigenvalue weighted by Crippen LogP contribution is -2.27. The van der Waals surface area contributed by atoms with E-state index in [-0.39, 0.29) is 35.0 Å². The van der Waals surface area contributed by atoms with Crippen molar-refractivity contribution in [3.63, 3.8) is 0 Å². The van der Waals surface area contributed by atoms with E-state index >= 15 is 0 Å². The molecule has 146 valence electrons. The van der Waals surface area contributed by atoms with E-state index in [0.29, 0.717) is 3.57 Å². The van der Waals surface area contributed by atoms with Crippen LogP contribution in [-0.4, -0.2) is 35.4 Å². The van der Waals surface area contributed by atoms with Gasteiger partial charge >= 0.3 is 0 Å². The highest BCUT2D eigenvalue weighted by molar-refractivity contribution is 14.1. The molecule has 1 atom stereocenters. The lowest BCUT2D eigenvalue weighted by molar-refractivity contribution is 0.00706. The summed E-state index contributed by atoms with van der Waals surface area (Å²) in [6.07, 6.45) is -0.872. The van der Waals surface area contributed by atoms with Crippen molar-refractivity contribution in [2.45, 2.75) is 12.5 Å². The molecule has 0 radical (unpaired) electrons. The molecule has 10 heteroatoms. The number of halogens is 4. The van der Waals surface area contributed by atoms with Gasteiger partial charge in [0.05, 0.1) is 41.3 Å². The maximum Gasteiger partial charge on any atom is 0.277 e. The summed E-state index contributed by atoms with van der Waals surface area (Å²) >= 11 is 7.69. The number of nitrogens with one attached hydrogen (secondary N) is 2. The molecule has 2 rings (SSSR count). The first-order valence-electron chi connectivity index (χ1n) is 7.74. The van der Waals surface area contributed by atoms with E-state index in [1.165, 1.54) is 12.1 Å². The van der Waals surface area contributed by atoms with Gasteiger partial charge in [0.15, 0.2) is 0 Å². The minimum absolute atomic E-state index is 0.00602. The number of aliphatic hydroxyl groups is 2. The Morgan fingerprint density at radius 2 is 1.96 bits per heavy atom. The molecule has 0 aliphatic heterocycles. The smallest absolute Gasteiger partial charge is 0.277 e. The molecule has 0 aromatic heterocycles. The average Bonchev–Trinajstić information content (AvgIpc) is 2.63. The Kier molecular flexibility index (Phi) is 8.17. The third kappa shape index (κ3) is 6.25. The van der Waals surface area contributed by atoms with Crippen molar-refractivity contribution in [3.05, 3.63) is 56.1 Å². The van der Waals surface area contributed by atoms with E-state index in [0.717, 1.165) is 12.1 Å². The monoisotopic (exact) mass is 512 g/mol. The second-order valence-corrected chi connectivity index (χ2v) is 7.12. The fraction of sp³-hybridized carbons (Fsp3) is 0.235. The molecule has 0 heterocycles. The first kappa shape index (κ1) is 21.8. The maximum absolute atomic E-state index is 14.0. The molecule has 0 fully saturated rings. The highest BCUT2D eigenvalue weighted by atomic mass is 127. The van der Waals surface area contributed by atoms with Crippen LogP contribution in [0.4, 0.5) is 20.2 Å². The van der Waals surface area contributed by atoms with Crippen LogP contribution in [0, 0.1) is 15.2 Å². The summed E-state index contributed by atoms with van der Waals surface area (Å²) in [4.78, 5) is 17.2. The predicted octanol–water partition coefficient (Wildman–Crippen LogP) is 3.37. The number of aliphatic hydroxyl groups excluding tert-OH is 2. The molecule has 6 nitrogen and oxygen atoms in total. The molecule has 0 aliphatic carbocycles. The Labute approximate surface area is 172 Å². The van der Waals surface area contributed by atoms with Crippen LogP contribution < -0.4 is 10.8 Å². The summed E-state index contributed by atoms with van der Waals surface area (Å²) in [5, 5.41) is 20.3. The molecule has 2 aromatic carbocycles. The zero-order chi connectivity index (χ0) is 20.0. The van der Waals surface area contributed by atoms with Gasteiger partial charge in [0.2, 0.25) is 0 Å². The first-order chi connectivity index (χ1) is 12.8. The number of carbonyl (C=O) groups is 1. The Morgan fingerprint density at radius 1 is 1.22 bits per heavy atom. The minimum atomic E-state index is -0.969. The number of rotatable bonds is 8. The maximum atomic E-state index is 14.0.